The third-order valence-corrected chi connectivity index (χ3v) is 4.99. The summed E-state index contributed by atoms with van der Waals surface area (Å²) in [5.74, 6) is 1.92. The number of likely N-dealkylation sites (tertiary alicyclic amines) is 1. The zero-order valence-corrected chi connectivity index (χ0v) is 13.5. The first-order valence-electron chi connectivity index (χ1n) is 8.53. The van der Waals surface area contributed by atoms with Gasteiger partial charge in [0.1, 0.15) is 11.5 Å². The molecule has 0 atom stereocenters. The lowest BCUT2D eigenvalue weighted by Crippen LogP contribution is -2.66. The van der Waals surface area contributed by atoms with Crippen molar-refractivity contribution in [3.8, 4) is 11.3 Å². The summed E-state index contributed by atoms with van der Waals surface area (Å²) in [7, 11) is 0. The molecular formula is C19H24N2O2. The van der Waals surface area contributed by atoms with Gasteiger partial charge in [-0.25, -0.2) is 0 Å². The summed E-state index contributed by atoms with van der Waals surface area (Å²) in [6.07, 6.45) is 2.64. The maximum absolute atomic E-state index is 5.95. The molecule has 1 aromatic carbocycles. The van der Waals surface area contributed by atoms with E-state index < -0.39 is 0 Å². The highest BCUT2D eigenvalue weighted by molar-refractivity contribution is 5.57. The zero-order valence-electron chi connectivity index (χ0n) is 13.5. The second kappa shape index (κ2) is 6.48. The van der Waals surface area contributed by atoms with Crippen LogP contribution >= 0.6 is 0 Å². The number of hydrogen-bond acceptors (Lipinski definition) is 4. The molecule has 0 amide bonds. The van der Waals surface area contributed by atoms with E-state index in [0.29, 0.717) is 0 Å². The Morgan fingerprint density at radius 1 is 1.00 bits per heavy atom. The monoisotopic (exact) mass is 312 g/mol. The van der Waals surface area contributed by atoms with Gasteiger partial charge in [0, 0.05) is 12.1 Å². The second-order valence-corrected chi connectivity index (χ2v) is 6.65. The van der Waals surface area contributed by atoms with E-state index in [0.717, 1.165) is 43.4 Å². The molecule has 2 aliphatic rings. The van der Waals surface area contributed by atoms with Crippen LogP contribution in [0.5, 0.6) is 0 Å². The van der Waals surface area contributed by atoms with Crippen LogP contribution in [0, 0.1) is 0 Å². The number of furan rings is 1. The quantitative estimate of drug-likeness (QED) is 0.890. The van der Waals surface area contributed by atoms with Crippen molar-refractivity contribution in [3.05, 3.63) is 48.2 Å². The standard InChI is InChI=1S/C19H24N2O2/c1-2-6-16(7-3-1)18-9-8-17(23-18)12-20-13-19(14-22-15-19)21-10-4-5-11-21/h1-3,6-9,20H,4-5,10-15H2. The highest BCUT2D eigenvalue weighted by atomic mass is 16.5. The van der Waals surface area contributed by atoms with Gasteiger partial charge in [0.15, 0.2) is 0 Å². The molecule has 2 saturated heterocycles. The van der Waals surface area contributed by atoms with Gasteiger partial charge in [0.05, 0.1) is 25.3 Å². The van der Waals surface area contributed by atoms with E-state index in [1.165, 1.54) is 25.9 Å². The molecule has 0 unspecified atom stereocenters. The van der Waals surface area contributed by atoms with Gasteiger partial charge in [-0.3, -0.25) is 4.90 Å². The summed E-state index contributed by atoms with van der Waals surface area (Å²) >= 11 is 0. The molecule has 0 bridgehead atoms. The number of ether oxygens (including phenoxy) is 1. The first kappa shape index (κ1) is 14.9. The molecule has 1 N–H and O–H groups in total. The molecule has 3 heterocycles. The lowest BCUT2D eigenvalue weighted by Gasteiger charge is -2.48. The molecule has 0 radical (unpaired) electrons. The third-order valence-electron chi connectivity index (χ3n) is 4.99. The highest BCUT2D eigenvalue weighted by Gasteiger charge is 2.44. The highest BCUT2D eigenvalue weighted by Crippen LogP contribution is 2.28. The Labute approximate surface area is 137 Å². The summed E-state index contributed by atoms with van der Waals surface area (Å²) in [6.45, 7) is 5.87. The molecule has 2 fully saturated rings. The smallest absolute Gasteiger partial charge is 0.134 e. The first-order chi connectivity index (χ1) is 11.4. The topological polar surface area (TPSA) is 37.6 Å². The molecule has 0 saturated carbocycles. The van der Waals surface area contributed by atoms with Gasteiger partial charge < -0.3 is 14.5 Å². The van der Waals surface area contributed by atoms with Crippen molar-refractivity contribution in [2.24, 2.45) is 0 Å². The van der Waals surface area contributed by atoms with Crippen molar-refractivity contribution in [1.29, 1.82) is 0 Å². The van der Waals surface area contributed by atoms with Crippen LogP contribution in [-0.4, -0.2) is 43.3 Å². The van der Waals surface area contributed by atoms with Crippen LogP contribution in [0.2, 0.25) is 0 Å². The Kier molecular flexibility index (Phi) is 4.21. The van der Waals surface area contributed by atoms with Crippen molar-refractivity contribution in [2.75, 3.05) is 32.8 Å². The molecule has 122 valence electrons. The first-order valence-corrected chi connectivity index (χ1v) is 8.53. The van der Waals surface area contributed by atoms with Crippen molar-refractivity contribution >= 4 is 0 Å². The SMILES string of the molecule is c1ccc(-c2ccc(CNCC3(N4CCCC4)COC3)o2)cc1. The predicted octanol–water partition coefficient (Wildman–Crippen LogP) is 2.90. The van der Waals surface area contributed by atoms with Crippen molar-refractivity contribution < 1.29 is 9.15 Å². The molecule has 2 aliphatic heterocycles. The van der Waals surface area contributed by atoms with Crippen LogP contribution in [0.25, 0.3) is 11.3 Å². The summed E-state index contributed by atoms with van der Waals surface area (Å²) in [5, 5.41) is 3.57. The molecular weight excluding hydrogens is 288 g/mol. The Morgan fingerprint density at radius 3 is 2.48 bits per heavy atom. The largest absolute Gasteiger partial charge is 0.460 e. The van der Waals surface area contributed by atoms with E-state index in [4.69, 9.17) is 9.15 Å². The van der Waals surface area contributed by atoms with E-state index in [1.807, 2.05) is 18.2 Å². The molecule has 23 heavy (non-hydrogen) atoms. The summed E-state index contributed by atoms with van der Waals surface area (Å²) in [6, 6.07) is 14.4. The molecule has 4 rings (SSSR count). The van der Waals surface area contributed by atoms with Gasteiger partial charge in [-0.05, 0) is 38.1 Å². The Bertz CT molecular complexity index is 628. The number of benzene rings is 1. The van der Waals surface area contributed by atoms with Gasteiger partial charge in [0.2, 0.25) is 0 Å². The number of rotatable bonds is 6. The normalized spacial score (nSPS) is 20.5. The van der Waals surface area contributed by atoms with Crippen LogP contribution in [0.15, 0.2) is 46.9 Å². The minimum atomic E-state index is 0.214. The van der Waals surface area contributed by atoms with Crippen LogP contribution in [0.3, 0.4) is 0 Å². The number of hydrogen-bond donors (Lipinski definition) is 1. The van der Waals surface area contributed by atoms with E-state index in [-0.39, 0.29) is 5.54 Å². The average Bonchev–Trinajstić information content (AvgIpc) is 3.23. The van der Waals surface area contributed by atoms with Crippen molar-refractivity contribution in [3.63, 3.8) is 0 Å². The average molecular weight is 312 g/mol. The van der Waals surface area contributed by atoms with E-state index in [2.05, 4.69) is 34.5 Å². The van der Waals surface area contributed by atoms with Crippen molar-refractivity contribution in [2.45, 2.75) is 24.9 Å². The van der Waals surface area contributed by atoms with Gasteiger partial charge in [-0.1, -0.05) is 30.3 Å². The van der Waals surface area contributed by atoms with Gasteiger partial charge >= 0.3 is 0 Å². The summed E-state index contributed by atoms with van der Waals surface area (Å²) in [4.78, 5) is 2.60. The zero-order chi connectivity index (χ0) is 15.5. The summed E-state index contributed by atoms with van der Waals surface area (Å²) in [5.41, 5.74) is 1.34. The minimum Gasteiger partial charge on any atom is -0.460 e. The maximum Gasteiger partial charge on any atom is 0.134 e. The maximum atomic E-state index is 5.95. The number of nitrogens with one attached hydrogen (secondary N) is 1. The van der Waals surface area contributed by atoms with E-state index in [1.54, 1.807) is 0 Å². The molecule has 2 aromatic rings. The molecule has 1 aromatic heterocycles. The molecule has 0 aliphatic carbocycles. The Morgan fingerprint density at radius 2 is 1.78 bits per heavy atom. The van der Waals surface area contributed by atoms with Crippen LogP contribution in [0.1, 0.15) is 18.6 Å². The van der Waals surface area contributed by atoms with Crippen LogP contribution in [0.4, 0.5) is 0 Å². The lowest BCUT2D eigenvalue weighted by molar-refractivity contribution is -0.132. The second-order valence-electron chi connectivity index (χ2n) is 6.65. The number of nitrogens with zero attached hydrogens (tertiary/aromatic N) is 1. The lowest BCUT2D eigenvalue weighted by atomic mass is 9.95. The minimum absolute atomic E-state index is 0.214. The predicted molar refractivity (Wildman–Crippen MR) is 90.2 cm³/mol. The van der Waals surface area contributed by atoms with Crippen LogP contribution in [-0.2, 0) is 11.3 Å². The van der Waals surface area contributed by atoms with E-state index >= 15 is 0 Å². The Hall–Kier alpha value is -1.62. The fraction of sp³-hybridized carbons (Fsp3) is 0.474. The fourth-order valence-corrected chi connectivity index (χ4v) is 3.57. The van der Waals surface area contributed by atoms with Crippen molar-refractivity contribution in [1.82, 2.24) is 10.2 Å². The Balaban J connectivity index is 1.34. The van der Waals surface area contributed by atoms with Crippen LogP contribution < -0.4 is 5.32 Å². The van der Waals surface area contributed by atoms with Gasteiger partial charge in [0.25, 0.3) is 0 Å². The van der Waals surface area contributed by atoms with E-state index in [9.17, 15) is 0 Å². The van der Waals surface area contributed by atoms with Gasteiger partial charge in [-0.15, -0.1) is 0 Å². The van der Waals surface area contributed by atoms with Gasteiger partial charge in [-0.2, -0.15) is 0 Å². The fourth-order valence-electron chi connectivity index (χ4n) is 3.57. The third kappa shape index (κ3) is 3.07. The molecule has 4 heteroatoms. The molecule has 0 spiro atoms. The molecule has 4 nitrogen and oxygen atoms in total. The summed E-state index contributed by atoms with van der Waals surface area (Å²) < 4.78 is 11.5.